The van der Waals surface area contributed by atoms with Crippen LogP contribution in [0.25, 0.3) is 8.96 Å². The van der Waals surface area contributed by atoms with Crippen LogP contribution in [0.5, 0.6) is 0 Å². The summed E-state index contributed by atoms with van der Waals surface area (Å²) in [6.45, 7) is 0. The monoisotopic (exact) mass is 343 g/mol. The van der Waals surface area contributed by atoms with Crippen molar-refractivity contribution in [2.75, 3.05) is 0 Å². The van der Waals surface area contributed by atoms with Gasteiger partial charge in [0.2, 0.25) is 0 Å². The van der Waals surface area contributed by atoms with Crippen LogP contribution < -0.4 is 32.9 Å². The quantitative estimate of drug-likeness (QED) is 0.382. The number of nitrogens with two attached hydrogens (primary N) is 1. The molecule has 58 valence electrons. The minimum absolute atomic E-state index is 0. The number of halogens is 1. The van der Waals surface area contributed by atoms with Gasteiger partial charge in [0.05, 0.1) is 0 Å². The Morgan fingerprint density at radius 3 is 2.73 bits per heavy atom. The van der Waals surface area contributed by atoms with E-state index in [0.717, 1.165) is 3.54 Å². The Morgan fingerprint density at radius 2 is 2.00 bits per heavy atom. The van der Waals surface area contributed by atoms with Crippen molar-refractivity contribution in [2.45, 2.75) is 0 Å². The Bertz CT molecular complexity index is 370. The second kappa shape index (κ2) is 3.85. The Kier molecular flexibility index (Phi) is 3.30. The Hall–Kier alpha value is 0.359. The van der Waals surface area contributed by atoms with Crippen molar-refractivity contribution >= 4 is 34.8 Å². The van der Waals surface area contributed by atoms with Crippen molar-refractivity contribution in [3.05, 3.63) is 27.8 Å². The molecule has 0 aliphatic heterocycles. The third-order valence-corrected chi connectivity index (χ3v) is 4.93. The molecule has 0 atom stereocenters. The van der Waals surface area contributed by atoms with Gasteiger partial charge in [0.1, 0.15) is 0 Å². The summed E-state index contributed by atoms with van der Waals surface area (Å²) in [4.78, 5) is 0. The zero-order valence-corrected chi connectivity index (χ0v) is 10.3. The van der Waals surface area contributed by atoms with Crippen LogP contribution in [-0.2, 0) is 0 Å². The van der Waals surface area contributed by atoms with Crippen molar-refractivity contribution in [3.63, 3.8) is 0 Å². The van der Waals surface area contributed by atoms with Crippen molar-refractivity contribution in [1.82, 2.24) is 0 Å². The van der Waals surface area contributed by atoms with Gasteiger partial charge < -0.3 is 24.0 Å². The number of rotatable bonds is 0. The molecule has 0 unspecified atom stereocenters. The van der Waals surface area contributed by atoms with Gasteiger partial charge in [0, 0.05) is 0 Å². The van der Waals surface area contributed by atoms with E-state index in [1.54, 1.807) is 11.3 Å². The molecule has 0 bridgehead atoms. The normalized spacial score (nSPS) is 9.45. The summed E-state index contributed by atoms with van der Waals surface area (Å²) in [7, 11) is 0. The van der Waals surface area contributed by atoms with Gasteiger partial charge in [-0.2, -0.15) is 0 Å². The predicted octanol–water partition coefficient (Wildman–Crippen LogP) is -3.38. The minimum atomic E-state index is 0. The molecule has 2 N–H and O–H groups in total. The van der Waals surface area contributed by atoms with Crippen LogP contribution >= 0.6 is 11.3 Å². The fraction of sp³-hybridized carbons (Fsp3) is 0. The van der Waals surface area contributed by atoms with E-state index < -0.39 is 0 Å². The molecular formula is C7H6INSSe. The zero-order valence-electron chi connectivity index (χ0n) is 5.58. The third kappa shape index (κ3) is 1.93. The maximum atomic E-state index is 5.69. The first-order chi connectivity index (χ1) is 4.86. The van der Waals surface area contributed by atoms with E-state index in [1.807, 2.05) is 0 Å². The van der Waals surface area contributed by atoms with E-state index in [9.17, 15) is 0 Å². The van der Waals surface area contributed by atoms with Crippen LogP contribution in [0.1, 0.15) is 0 Å². The van der Waals surface area contributed by atoms with Crippen molar-refractivity contribution < 1.29 is 29.4 Å². The van der Waals surface area contributed by atoms with E-state index in [1.165, 1.54) is 8.96 Å². The average Bonchev–Trinajstić information content (AvgIpc) is 2.27. The summed E-state index contributed by atoms with van der Waals surface area (Å²) < 4.78 is 3.85. The molecular weight excluding hydrogens is 336 g/mol. The van der Waals surface area contributed by atoms with Crippen molar-refractivity contribution in [3.8, 4) is 0 Å². The topological polar surface area (TPSA) is 25.6 Å². The van der Waals surface area contributed by atoms with Crippen molar-refractivity contribution in [1.29, 1.82) is 0 Å². The standard InChI is InChI=1S/C7H5NSSe.HI/c8-7-9-5-3-1-2-4-6(5)10-7;/h1-4,8H;1H. The van der Waals surface area contributed by atoms with Crippen LogP contribution in [0.3, 0.4) is 0 Å². The van der Waals surface area contributed by atoms with Gasteiger partial charge in [0.15, 0.2) is 0 Å². The van der Waals surface area contributed by atoms with Gasteiger partial charge in [-0.1, -0.05) is 0 Å². The summed E-state index contributed by atoms with van der Waals surface area (Å²) in [6, 6.07) is 8.41. The first-order valence-electron chi connectivity index (χ1n) is 2.93. The molecule has 0 fully saturated rings. The number of hydrogen-bond acceptors (Lipinski definition) is 1. The van der Waals surface area contributed by atoms with E-state index in [-0.39, 0.29) is 24.0 Å². The SMILES string of the molecule is [I-].[NH2+]=c1sc2ccccc2[se]1. The molecule has 0 saturated heterocycles. The molecule has 0 spiro atoms. The van der Waals surface area contributed by atoms with Gasteiger partial charge in [-0.3, -0.25) is 0 Å². The van der Waals surface area contributed by atoms with Crippen LogP contribution in [-0.4, -0.2) is 14.5 Å². The molecule has 2 rings (SSSR count). The van der Waals surface area contributed by atoms with E-state index in [4.69, 9.17) is 5.41 Å². The van der Waals surface area contributed by atoms with Crippen LogP contribution in [0.15, 0.2) is 24.3 Å². The van der Waals surface area contributed by atoms with Gasteiger partial charge in [-0.05, 0) is 0 Å². The van der Waals surface area contributed by atoms with Crippen LogP contribution in [0, 0.1) is 0 Å². The molecule has 11 heavy (non-hydrogen) atoms. The van der Waals surface area contributed by atoms with Gasteiger partial charge >= 0.3 is 68.0 Å². The molecule has 0 aliphatic rings. The molecule has 1 aromatic heterocycles. The number of benzene rings is 1. The Balaban J connectivity index is 0.000000605. The molecule has 4 heteroatoms. The fourth-order valence-corrected chi connectivity index (χ4v) is 4.32. The summed E-state index contributed by atoms with van der Waals surface area (Å²) in [5.74, 6) is 0. The predicted molar refractivity (Wildman–Crippen MR) is 43.8 cm³/mol. The van der Waals surface area contributed by atoms with Gasteiger partial charge in [-0.25, -0.2) is 0 Å². The van der Waals surface area contributed by atoms with Gasteiger partial charge in [-0.15, -0.1) is 0 Å². The Morgan fingerprint density at radius 1 is 1.27 bits per heavy atom. The second-order valence-electron chi connectivity index (χ2n) is 1.97. The van der Waals surface area contributed by atoms with Crippen molar-refractivity contribution in [2.24, 2.45) is 0 Å². The summed E-state index contributed by atoms with van der Waals surface area (Å²) in [5, 5.41) is 5.69. The van der Waals surface area contributed by atoms with E-state index in [2.05, 4.69) is 24.3 Å². The van der Waals surface area contributed by atoms with Gasteiger partial charge in [0.25, 0.3) is 0 Å². The van der Waals surface area contributed by atoms with E-state index in [0.29, 0.717) is 14.5 Å². The van der Waals surface area contributed by atoms with Crippen LogP contribution in [0.4, 0.5) is 0 Å². The Labute approximate surface area is 91.4 Å². The average molecular weight is 342 g/mol. The molecule has 1 aromatic carbocycles. The molecule has 1 nitrogen and oxygen atoms in total. The summed E-state index contributed by atoms with van der Waals surface area (Å²) in [6.07, 6.45) is 0. The summed E-state index contributed by atoms with van der Waals surface area (Å²) in [5.41, 5.74) is 0. The molecule has 0 saturated carbocycles. The third-order valence-electron chi connectivity index (χ3n) is 1.27. The number of fused-ring (bicyclic) bond motifs is 1. The zero-order chi connectivity index (χ0) is 6.97. The van der Waals surface area contributed by atoms with E-state index >= 15 is 0 Å². The maximum absolute atomic E-state index is 5.69. The molecule has 0 aliphatic carbocycles. The van der Waals surface area contributed by atoms with Crippen LogP contribution in [0.2, 0.25) is 0 Å². The second-order valence-corrected chi connectivity index (χ2v) is 5.91. The first kappa shape index (κ1) is 9.45. The number of hydrogen-bond donors (Lipinski definition) is 1. The molecule has 0 radical (unpaired) electrons. The first-order valence-corrected chi connectivity index (χ1v) is 5.46. The molecule has 1 heterocycles. The fourth-order valence-electron chi connectivity index (χ4n) is 0.856. The molecule has 2 aromatic rings. The molecule has 0 amide bonds. The summed E-state index contributed by atoms with van der Waals surface area (Å²) >= 11 is 2.13.